The fourth-order valence-corrected chi connectivity index (χ4v) is 1.63. The molecule has 0 bridgehead atoms. The van der Waals surface area contributed by atoms with Crippen LogP contribution >= 0.6 is 0 Å². The van der Waals surface area contributed by atoms with Crippen LogP contribution in [-0.4, -0.2) is 21.3 Å². The number of nitrogens with zero attached hydrogens (tertiary/aromatic N) is 2. The maximum Gasteiger partial charge on any atom is 0.243 e. The van der Waals surface area contributed by atoms with Crippen molar-refractivity contribution in [2.45, 2.75) is 19.3 Å². The van der Waals surface area contributed by atoms with Crippen LogP contribution in [0.4, 0.5) is 0 Å². The molecule has 0 saturated carbocycles. The standard InChI is InChI=1S/C14H15N3O3/c18-13(16-19)7-4-8-14-15-12(17-20-14)10-9-11-5-2-1-3-6-11/h1-3,5-6,9-10,19H,4,7-8H2,(H,16,18)/b10-9+. The number of carbonyl (C=O) groups is 1. The van der Waals surface area contributed by atoms with E-state index in [0.717, 1.165) is 5.56 Å². The van der Waals surface area contributed by atoms with Gasteiger partial charge in [0.1, 0.15) is 0 Å². The third-order valence-corrected chi connectivity index (χ3v) is 2.63. The van der Waals surface area contributed by atoms with Crippen LogP contribution in [-0.2, 0) is 11.2 Å². The first kappa shape index (κ1) is 14.0. The van der Waals surface area contributed by atoms with Gasteiger partial charge >= 0.3 is 0 Å². The van der Waals surface area contributed by atoms with Crippen LogP contribution in [0.15, 0.2) is 34.9 Å². The highest BCUT2D eigenvalue weighted by atomic mass is 16.5. The topological polar surface area (TPSA) is 88.2 Å². The van der Waals surface area contributed by atoms with Gasteiger partial charge < -0.3 is 4.52 Å². The molecule has 0 saturated heterocycles. The van der Waals surface area contributed by atoms with E-state index in [1.165, 1.54) is 0 Å². The average Bonchev–Trinajstić information content (AvgIpc) is 2.94. The smallest absolute Gasteiger partial charge is 0.243 e. The third-order valence-electron chi connectivity index (χ3n) is 2.63. The number of hydroxylamine groups is 1. The average molecular weight is 273 g/mol. The van der Waals surface area contributed by atoms with E-state index in [1.807, 2.05) is 36.4 Å². The third kappa shape index (κ3) is 4.33. The van der Waals surface area contributed by atoms with Crippen molar-refractivity contribution < 1.29 is 14.5 Å². The van der Waals surface area contributed by atoms with Crippen LogP contribution in [0, 0.1) is 0 Å². The van der Waals surface area contributed by atoms with E-state index in [4.69, 9.17) is 9.73 Å². The SMILES string of the molecule is O=C(CCCc1nc(/C=C/c2ccccc2)no1)NO. The number of nitrogens with one attached hydrogen (secondary N) is 1. The number of rotatable bonds is 6. The van der Waals surface area contributed by atoms with Gasteiger partial charge in [-0.3, -0.25) is 10.0 Å². The second-order valence-corrected chi connectivity index (χ2v) is 4.18. The van der Waals surface area contributed by atoms with E-state index in [1.54, 1.807) is 11.6 Å². The summed E-state index contributed by atoms with van der Waals surface area (Å²) in [5, 5.41) is 12.2. The Morgan fingerprint density at radius 2 is 2.10 bits per heavy atom. The Morgan fingerprint density at radius 3 is 2.85 bits per heavy atom. The largest absolute Gasteiger partial charge is 0.339 e. The Bertz CT molecular complexity index is 578. The molecule has 1 aromatic heterocycles. The van der Waals surface area contributed by atoms with Gasteiger partial charge in [0.05, 0.1) is 0 Å². The second-order valence-electron chi connectivity index (χ2n) is 4.18. The molecular formula is C14H15N3O3. The van der Waals surface area contributed by atoms with E-state index >= 15 is 0 Å². The monoisotopic (exact) mass is 273 g/mol. The maximum absolute atomic E-state index is 10.8. The lowest BCUT2D eigenvalue weighted by atomic mass is 10.2. The molecule has 104 valence electrons. The van der Waals surface area contributed by atoms with Crippen molar-refractivity contribution in [3.63, 3.8) is 0 Å². The van der Waals surface area contributed by atoms with Gasteiger partial charge in [-0.05, 0) is 18.1 Å². The number of carbonyl (C=O) groups excluding carboxylic acids is 1. The zero-order chi connectivity index (χ0) is 14.2. The summed E-state index contributed by atoms with van der Waals surface area (Å²) in [4.78, 5) is 15.0. The van der Waals surface area contributed by atoms with Crippen molar-refractivity contribution in [1.82, 2.24) is 15.6 Å². The number of benzene rings is 1. The maximum atomic E-state index is 10.8. The Kier molecular flexibility index (Phi) is 5.02. The van der Waals surface area contributed by atoms with Gasteiger partial charge in [0, 0.05) is 12.8 Å². The molecule has 0 unspecified atom stereocenters. The van der Waals surface area contributed by atoms with Crippen molar-refractivity contribution in [2.24, 2.45) is 0 Å². The predicted molar refractivity (Wildman–Crippen MR) is 72.5 cm³/mol. The molecule has 0 aliphatic heterocycles. The highest BCUT2D eigenvalue weighted by molar-refractivity contribution is 5.74. The summed E-state index contributed by atoms with van der Waals surface area (Å²) in [6, 6.07) is 9.81. The van der Waals surface area contributed by atoms with Crippen LogP contribution in [0.5, 0.6) is 0 Å². The van der Waals surface area contributed by atoms with Gasteiger partial charge in [-0.2, -0.15) is 4.98 Å². The summed E-state index contributed by atoms with van der Waals surface area (Å²) >= 11 is 0. The van der Waals surface area contributed by atoms with Crippen molar-refractivity contribution in [3.05, 3.63) is 47.6 Å². The van der Waals surface area contributed by atoms with Crippen molar-refractivity contribution in [1.29, 1.82) is 0 Å². The molecule has 0 fully saturated rings. The normalized spacial score (nSPS) is 10.8. The predicted octanol–water partition coefficient (Wildman–Crippen LogP) is 2.07. The molecule has 0 aliphatic rings. The fourth-order valence-electron chi connectivity index (χ4n) is 1.63. The Balaban J connectivity index is 1.86. The van der Waals surface area contributed by atoms with Crippen molar-refractivity contribution in [2.75, 3.05) is 0 Å². The fraction of sp³-hybridized carbons (Fsp3) is 0.214. The summed E-state index contributed by atoms with van der Waals surface area (Å²) < 4.78 is 5.06. The van der Waals surface area contributed by atoms with Gasteiger partial charge in [0.15, 0.2) is 5.82 Å². The number of aromatic nitrogens is 2. The molecule has 20 heavy (non-hydrogen) atoms. The Morgan fingerprint density at radius 1 is 1.30 bits per heavy atom. The summed E-state index contributed by atoms with van der Waals surface area (Å²) in [6.45, 7) is 0. The molecule has 1 amide bonds. The second kappa shape index (κ2) is 7.20. The van der Waals surface area contributed by atoms with E-state index < -0.39 is 5.91 Å². The number of hydrogen-bond acceptors (Lipinski definition) is 5. The number of hydrogen-bond donors (Lipinski definition) is 2. The van der Waals surface area contributed by atoms with Crippen molar-refractivity contribution in [3.8, 4) is 0 Å². The molecule has 2 aromatic rings. The minimum Gasteiger partial charge on any atom is -0.339 e. The summed E-state index contributed by atoms with van der Waals surface area (Å²) in [5.74, 6) is 0.549. The molecule has 6 nitrogen and oxygen atoms in total. The molecule has 0 atom stereocenters. The highest BCUT2D eigenvalue weighted by Gasteiger charge is 2.05. The first-order valence-electron chi connectivity index (χ1n) is 6.26. The molecule has 0 spiro atoms. The highest BCUT2D eigenvalue weighted by Crippen LogP contribution is 2.07. The lowest BCUT2D eigenvalue weighted by Gasteiger charge is -1.94. The Labute approximate surface area is 116 Å². The zero-order valence-electron chi connectivity index (χ0n) is 10.8. The minimum absolute atomic E-state index is 0.216. The van der Waals surface area contributed by atoms with Crippen LogP contribution < -0.4 is 5.48 Å². The summed E-state index contributed by atoms with van der Waals surface area (Å²) in [7, 11) is 0. The van der Waals surface area contributed by atoms with Gasteiger partial charge in [-0.15, -0.1) is 0 Å². The first-order valence-corrected chi connectivity index (χ1v) is 6.26. The Hall–Kier alpha value is -2.47. The molecule has 1 heterocycles. The molecule has 0 radical (unpaired) electrons. The molecule has 2 N–H and O–H groups in total. The van der Waals surface area contributed by atoms with E-state index in [9.17, 15) is 4.79 Å². The quantitative estimate of drug-likeness (QED) is 0.621. The van der Waals surface area contributed by atoms with E-state index in [0.29, 0.717) is 24.6 Å². The zero-order valence-corrected chi connectivity index (χ0v) is 10.8. The van der Waals surface area contributed by atoms with Gasteiger partial charge in [0.2, 0.25) is 11.8 Å². The number of aryl methyl sites for hydroxylation is 1. The number of amides is 1. The van der Waals surface area contributed by atoms with Gasteiger partial charge in [-0.25, -0.2) is 5.48 Å². The van der Waals surface area contributed by atoms with Gasteiger partial charge in [0.25, 0.3) is 0 Å². The lowest BCUT2D eigenvalue weighted by molar-refractivity contribution is -0.129. The molecule has 2 rings (SSSR count). The van der Waals surface area contributed by atoms with Gasteiger partial charge in [-0.1, -0.05) is 41.6 Å². The summed E-state index contributed by atoms with van der Waals surface area (Å²) in [5.41, 5.74) is 2.63. The van der Waals surface area contributed by atoms with Crippen LogP contribution in [0.2, 0.25) is 0 Å². The summed E-state index contributed by atoms with van der Waals surface area (Å²) in [6.07, 6.45) is 4.92. The van der Waals surface area contributed by atoms with Crippen LogP contribution in [0.1, 0.15) is 30.1 Å². The molecule has 6 heteroatoms. The first-order chi connectivity index (χ1) is 9.78. The van der Waals surface area contributed by atoms with E-state index in [-0.39, 0.29) is 6.42 Å². The molecule has 1 aromatic carbocycles. The lowest BCUT2D eigenvalue weighted by Crippen LogP contribution is -2.18. The van der Waals surface area contributed by atoms with E-state index in [2.05, 4.69) is 10.1 Å². The molecule has 0 aliphatic carbocycles. The van der Waals surface area contributed by atoms with Crippen LogP contribution in [0.25, 0.3) is 12.2 Å². The molecular weight excluding hydrogens is 258 g/mol. The minimum atomic E-state index is -0.422. The van der Waals surface area contributed by atoms with Crippen molar-refractivity contribution >= 4 is 18.1 Å². The van der Waals surface area contributed by atoms with Crippen LogP contribution in [0.3, 0.4) is 0 Å².